The van der Waals surface area contributed by atoms with Crippen molar-refractivity contribution < 1.29 is 9.47 Å². The van der Waals surface area contributed by atoms with Crippen LogP contribution in [0, 0.1) is 0 Å². The smallest absolute Gasteiger partial charge is 0.221 e. The van der Waals surface area contributed by atoms with Crippen LogP contribution in [0.4, 0.5) is 0 Å². The number of rotatable bonds is 7. The summed E-state index contributed by atoms with van der Waals surface area (Å²) in [5, 5.41) is 3.53. The van der Waals surface area contributed by atoms with Gasteiger partial charge in [-0.05, 0) is 30.2 Å². The summed E-state index contributed by atoms with van der Waals surface area (Å²) in [5.74, 6) is 1.16. The molecule has 1 aromatic carbocycles. The summed E-state index contributed by atoms with van der Waals surface area (Å²) >= 11 is 0. The van der Waals surface area contributed by atoms with E-state index in [1.165, 1.54) is 5.56 Å². The van der Waals surface area contributed by atoms with Gasteiger partial charge < -0.3 is 14.8 Å². The van der Waals surface area contributed by atoms with E-state index in [4.69, 9.17) is 9.47 Å². The van der Waals surface area contributed by atoms with Crippen molar-refractivity contribution in [3.63, 3.8) is 0 Å². The van der Waals surface area contributed by atoms with Gasteiger partial charge in [-0.25, -0.2) is 9.97 Å². The molecule has 2 aromatic heterocycles. The normalized spacial score (nSPS) is 11.8. The number of pyridine rings is 2. The highest BCUT2D eigenvalue weighted by molar-refractivity contribution is 5.68. The van der Waals surface area contributed by atoms with E-state index in [0.717, 1.165) is 16.7 Å². The van der Waals surface area contributed by atoms with Crippen LogP contribution in [-0.2, 0) is 6.54 Å². The molecule has 1 N–H and O–H groups in total. The lowest BCUT2D eigenvalue weighted by Crippen LogP contribution is -2.18. The maximum Gasteiger partial charge on any atom is 0.221 e. The Morgan fingerprint density at radius 3 is 2.42 bits per heavy atom. The van der Waals surface area contributed by atoms with Gasteiger partial charge in [0.25, 0.3) is 0 Å². The largest absolute Gasteiger partial charge is 0.481 e. The average Bonchev–Trinajstić information content (AvgIpc) is 2.72. The SMILES string of the molecule is COc1ccc(-c2cc(CNC(C)c3ccccc3)cnc2OC)cn1. The second kappa shape index (κ2) is 8.45. The number of hydrogen-bond acceptors (Lipinski definition) is 5. The number of benzene rings is 1. The molecular formula is C21H23N3O2. The van der Waals surface area contributed by atoms with Gasteiger partial charge in [-0.3, -0.25) is 0 Å². The zero-order chi connectivity index (χ0) is 18.4. The topological polar surface area (TPSA) is 56.3 Å². The van der Waals surface area contributed by atoms with Crippen LogP contribution in [0.15, 0.2) is 60.9 Å². The van der Waals surface area contributed by atoms with E-state index in [9.17, 15) is 0 Å². The molecular weight excluding hydrogens is 326 g/mol. The lowest BCUT2D eigenvalue weighted by Gasteiger charge is -2.15. The lowest BCUT2D eigenvalue weighted by molar-refractivity contribution is 0.396. The van der Waals surface area contributed by atoms with Crippen molar-refractivity contribution in [2.75, 3.05) is 14.2 Å². The monoisotopic (exact) mass is 349 g/mol. The molecule has 5 nitrogen and oxygen atoms in total. The van der Waals surface area contributed by atoms with Crippen LogP contribution in [0.1, 0.15) is 24.1 Å². The molecule has 0 bridgehead atoms. The standard InChI is InChI=1S/C21H23N3O2/c1-15(17-7-5-4-6-8-17)22-12-16-11-19(21(26-3)24-13-16)18-9-10-20(25-2)23-14-18/h4-11,13-15,22H,12H2,1-3H3. The molecule has 1 atom stereocenters. The third kappa shape index (κ3) is 4.18. The van der Waals surface area contributed by atoms with E-state index in [1.807, 2.05) is 24.4 Å². The second-order valence-electron chi connectivity index (χ2n) is 6.00. The number of hydrogen-bond donors (Lipinski definition) is 1. The Morgan fingerprint density at radius 2 is 1.77 bits per heavy atom. The third-order valence-corrected chi connectivity index (χ3v) is 4.27. The summed E-state index contributed by atoms with van der Waals surface area (Å²) in [5.41, 5.74) is 4.19. The molecule has 0 radical (unpaired) electrons. The van der Waals surface area contributed by atoms with Gasteiger partial charge in [-0.1, -0.05) is 30.3 Å². The Hall–Kier alpha value is -2.92. The van der Waals surface area contributed by atoms with E-state index in [-0.39, 0.29) is 6.04 Å². The van der Waals surface area contributed by atoms with E-state index >= 15 is 0 Å². The van der Waals surface area contributed by atoms with Gasteiger partial charge in [0.2, 0.25) is 11.8 Å². The van der Waals surface area contributed by atoms with Crippen molar-refractivity contribution in [2.45, 2.75) is 19.5 Å². The zero-order valence-electron chi connectivity index (χ0n) is 15.3. The molecule has 0 aliphatic rings. The number of methoxy groups -OCH3 is 2. The van der Waals surface area contributed by atoms with Crippen LogP contribution in [0.3, 0.4) is 0 Å². The van der Waals surface area contributed by atoms with Crippen molar-refractivity contribution in [3.05, 3.63) is 72.1 Å². The minimum absolute atomic E-state index is 0.254. The first-order valence-electron chi connectivity index (χ1n) is 8.53. The van der Waals surface area contributed by atoms with Crippen molar-refractivity contribution in [2.24, 2.45) is 0 Å². The van der Waals surface area contributed by atoms with Crippen LogP contribution in [-0.4, -0.2) is 24.2 Å². The highest BCUT2D eigenvalue weighted by atomic mass is 16.5. The Morgan fingerprint density at radius 1 is 0.962 bits per heavy atom. The molecule has 0 aliphatic carbocycles. The molecule has 5 heteroatoms. The predicted molar refractivity (Wildman–Crippen MR) is 102 cm³/mol. The van der Waals surface area contributed by atoms with E-state index in [1.54, 1.807) is 20.4 Å². The molecule has 134 valence electrons. The first kappa shape index (κ1) is 17.9. The highest BCUT2D eigenvalue weighted by Gasteiger charge is 2.11. The molecule has 0 saturated carbocycles. The van der Waals surface area contributed by atoms with Gasteiger partial charge in [0.15, 0.2) is 0 Å². The van der Waals surface area contributed by atoms with Crippen molar-refractivity contribution in [1.82, 2.24) is 15.3 Å². The maximum atomic E-state index is 5.42. The molecule has 1 unspecified atom stereocenters. The highest BCUT2D eigenvalue weighted by Crippen LogP contribution is 2.29. The van der Waals surface area contributed by atoms with Gasteiger partial charge in [0.1, 0.15) is 0 Å². The maximum absolute atomic E-state index is 5.42. The fourth-order valence-electron chi connectivity index (χ4n) is 2.75. The molecule has 0 saturated heterocycles. The minimum Gasteiger partial charge on any atom is -0.481 e. The van der Waals surface area contributed by atoms with Crippen LogP contribution in [0.5, 0.6) is 11.8 Å². The first-order chi connectivity index (χ1) is 12.7. The number of aromatic nitrogens is 2. The number of ether oxygens (including phenoxy) is 2. The fourth-order valence-corrected chi connectivity index (χ4v) is 2.75. The Kier molecular flexibility index (Phi) is 5.81. The summed E-state index contributed by atoms with van der Waals surface area (Å²) in [4.78, 5) is 8.72. The first-order valence-corrected chi connectivity index (χ1v) is 8.53. The summed E-state index contributed by atoms with van der Waals surface area (Å²) in [6.45, 7) is 2.87. The molecule has 26 heavy (non-hydrogen) atoms. The summed E-state index contributed by atoms with van der Waals surface area (Å²) in [6, 6.07) is 16.5. The molecule has 0 amide bonds. The van der Waals surface area contributed by atoms with Gasteiger partial charge in [-0.2, -0.15) is 0 Å². The molecule has 0 aliphatic heterocycles. The molecule has 3 rings (SSSR count). The summed E-state index contributed by atoms with van der Waals surface area (Å²) < 4.78 is 10.5. The lowest BCUT2D eigenvalue weighted by atomic mass is 10.1. The average molecular weight is 349 g/mol. The van der Waals surface area contributed by atoms with Crippen molar-refractivity contribution in [3.8, 4) is 22.9 Å². The van der Waals surface area contributed by atoms with Gasteiger partial charge >= 0.3 is 0 Å². The molecule has 2 heterocycles. The van der Waals surface area contributed by atoms with Gasteiger partial charge in [0, 0.05) is 42.2 Å². The van der Waals surface area contributed by atoms with Crippen molar-refractivity contribution in [1.29, 1.82) is 0 Å². The number of nitrogens with zero attached hydrogens (tertiary/aromatic N) is 2. The molecule has 0 spiro atoms. The van der Waals surface area contributed by atoms with Crippen LogP contribution in [0.25, 0.3) is 11.1 Å². The van der Waals surface area contributed by atoms with Gasteiger partial charge in [0.05, 0.1) is 14.2 Å². The second-order valence-corrected chi connectivity index (χ2v) is 6.00. The van der Waals surface area contributed by atoms with Crippen molar-refractivity contribution >= 4 is 0 Å². The quantitative estimate of drug-likeness (QED) is 0.698. The van der Waals surface area contributed by atoms with E-state index < -0.39 is 0 Å². The minimum atomic E-state index is 0.254. The third-order valence-electron chi connectivity index (χ3n) is 4.27. The molecule has 0 fully saturated rings. The Labute approximate surface area is 154 Å². The Bertz CT molecular complexity index is 836. The Balaban J connectivity index is 1.78. The summed E-state index contributed by atoms with van der Waals surface area (Å²) in [6.07, 6.45) is 3.60. The predicted octanol–water partition coefficient (Wildman–Crippen LogP) is 4.01. The van der Waals surface area contributed by atoms with Crippen LogP contribution < -0.4 is 14.8 Å². The molecule has 3 aromatic rings. The zero-order valence-corrected chi connectivity index (χ0v) is 15.3. The summed E-state index contributed by atoms with van der Waals surface area (Å²) in [7, 11) is 3.22. The fraction of sp³-hybridized carbons (Fsp3) is 0.238. The van der Waals surface area contributed by atoms with E-state index in [0.29, 0.717) is 18.3 Å². The van der Waals surface area contributed by atoms with Crippen LogP contribution >= 0.6 is 0 Å². The number of nitrogens with one attached hydrogen (secondary N) is 1. The van der Waals surface area contributed by atoms with Crippen LogP contribution in [0.2, 0.25) is 0 Å². The van der Waals surface area contributed by atoms with Gasteiger partial charge in [-0.15, -0.1) is 0 Å². The van der Waals surface area contributed by atoms with E-state index in [2.05, 4.69) is 52.5 Å².